The van der Waals surface area contributed by atoms with Gasteiger partial charge in [0.25, 0.3) is 0 Å². The summed E-state index contributed by atoms with van der Waals surface area (Å²) >= 11 is 0. The van der Waals surface area contributed by atoms with Crippen LogP contribution in [0.2, 0.25) is 0 Å². The molecule has 2 atom stereocenters. The molecule has 1 saturated heterocycles. The highest BCUT2D eigenvalue weighted by Gasteiger charge is 2.35. The van der Waals surface area contributed by atoms with Crippen molar-refractivity contribution in [2.75, 3.05) is 6.54 Å². The topological polar surface area (TPSA) is 49.8 Å². The van der Waals surface area contributed by atoms with Gasteiger partial charge in [-0.3, -0.25) is 4.90 Å². The van der Waals surface area contributed by atoms with Crippen LogP contribution in [0, 0.1) is 5.82 Å². The largest absolute Gasteiger partial charge is 0.445 e. The van der Waals surface area contributed by atoms with Gasteiger partial charge in [-0.25, -0.2) is 9.18 Å². The minimum atomic E-state index is -0.687. The number of carbonyl (C=O) groups excluding carboxylic acids is 1. The molecule has 0 spiro atoms. The lowest BCUT2D eigenvalue weighted by Gasteiger charge is -2.38. The molecule has 3 rings (SSSR count). The molecule has 0 aromatic heterocycles. The quantitative estimate of drug-likeness (QED) is 0.935. The molecule has 24 heavy (non-hydrogen) atoms. The molecule has 1 N–H and O–H groups in total. The Morgan fingerprint density at radius 2 is 1.88 bits per heavy atom. The minimum Gasteiger partial charge on any atom is -0.445 e. The van der Waals surface area contributed by atoms with Crippen LogP contribution in [0.15, 0.2) is 54.6 Å². The summed E-state index contributed by atoms with van der Waals surface area (Å²) in [6.45, 7) is 0.690. The van der Waals surface area contributed by atoms with E-state index in [9.17, 15) is 14.3 Å². The van der Waals surface area contributed by atoms with Gasteiger partial charge in [0.05, 0.1) is 12.1 Å². The first-order chi connectivity index (χ1) is 11.6. The lowest BCUT2D eigenvalue weighted by molar-refractivity contribution is 0.00234. The van der Waals surface area contributed by atoms with Crippen LogP contribution in [0.5, 0.6) is 0 Å². The first-order valence-corrected chi connectivity index (χ1v) is 8.06. The normalized spacial score (nSPS) is 20.7. The maximum atomic E-state index is 13.1. The van der Waals surface area contributed by atoms with E-state index in [0.29, 0.717) is 24.9 Å². The molecular weight excluding hydrogens is 309 g/mol. The van der Waals surface area contributed by atoms with Gasteiger partial charge in [-0.2, -0.15) is 0 Å². The number of aliphatic hydroxyl groups excluding tert-OH is 1. The summed E-state index contributed by atoms with van der Waals surface area (Å²) in [4.78, 5) is 14.0. The summed E-state index contributed by atoms with van der Waals surface area (Å²) in [6, 6.07) is 14.8. The van der Waals surface area contributed by atoms with Gasteiger partial charge >= 0.3 is 6.09 Å². The average molecular weight is 329 g/mol. The number of aliphatic hydroxyl groups is 1. The van der Waals surface area contributed by atoms with Crippen molar-refractivity contribution >= 4 is 6.09 Å². The fourth-order valence-corrected chi connectivity index (χ4v) is 3.04. The summed E-state index contributed by atoms with van der Waals surface area (Å²) in [5.41, 5.74) is 1.61. The fourth-order valence-electron chi connectivity index (χ4n) is 3.04. The second-order valence-electron chi connectivity index (χ2n) is 5.94. The van der Waals surface area contributed by atoms with Crippen LogP contribution in [-0.4, -0.2) is 28.7 Å². The molecule has 0 radical (unpaired) electrons. The number of hydrogen-bond donors (Lipinski definition) is 1. The lowest BCUT2D eigenvalue weighted by atomic mass is 9.93. The zero-order chi connectivity index (χ0) is 16.9. The van der Waals surface area contributed by atoms with Crippen LogP contribution in [0.4, 0.5) is 9.18 Å². The van der Waals surface area contributed by atoms with Crippen LogP contribution in [0.25, 0.3) is 0 Å². The molecule has 1 amide bonds. The number of nitrogens with zero attached hydrogens (tertiary/aromatic N) is 1. The summed E-state index contributed by atoms with van der Waals surface area (Å²) in [5.74, 6) is -0.345. The minimum absolute atomic E-state index is 0.183. The highest BCUT2D eigenvalue weighted by Crippen LogP contribution is 2.32. The Hall–Kier alpha value is -2.40. The molecule has 5 heteroatoms. The third-order valence-electron chi connectivity index (χ3n) is 4.25. The number of benzene rings is 2. The van der Waals surface area contributed by atoms with E-state index in [1.165, 1.54) is 17.0 Å². The number of hydrogen-bond acceptors (Lipinski definition) is 3. The highest BCUT2D eigenvalue weighted by atomic mass is 19.1. The van der Waals surface area contributed by atoms with E-state index in [-0.39, 0.29) is 12.4 Å². The molecular formula is C19H20FNO3. The number of likely N-dealkylation sites (tertiary alicyclic amines) is 1. The van der Waals surface area contributed by atoms with E-state index in [2.05, 4.69) is 0 Å². The van der Waals surface area contributed by atoms with E-state index >= 15 is 0 Å². The number of carbonyl (C=O) groups is 1. The molecule has 0 saturated carbocycles. The van der Waals surface area contributed by atoms with Crippen molar-refractivity contribution in [3.05, 3.63) is 71.5 Å². The Morgan fingerprint density at radius 3 is 2.58 bits per heavy atom. The van der Waals surface area contributed by atoms with Gasteiger partial charge in [-0.05, 0) is 36.1 Å². The van der Waals surface area contributed by atoms with Crippen molar-refractivity contribution in [2.45, 2.75) is 31.6 Å². The third kappa shape index (κ3) is 3.74. The van der Waals surface area contributed by atoms with E-state index < -0.39 is 18.2 Å². The van der Waals surface area contributed by atoms with Gasteiger partial charge in [0, 0.05) is 6.54 Å². The van der Waals surface area contributed by atoms with Crippen LogP contribution in [-0.2, 0) is 11.3 Å². The fraction of sp³-hybridized carbons (Fsp3) is 0.316. The van der Waals surface area contributed by atoms with Gasteiger partial charge < -0.3 is 9.84 Å². The third-order valence-corrected chi connectivity index (χ3v) is 4.25. The zero-order valence-corrected chi connectivity index (χ0v) is 13.3. The van der Waals surface area contributed by atoms with Gasteiger partial charge in [0.1, 0.15) is 12.4 Å². The summed E-state index contributed by atoms with van der Waals surface area (Å²) in [6.07, 6.45) is 0.157. The van der Waals surface area contributed by atoms with Crippen molar-refractivity contribution in [2.24, 2.45) is 0 Å². The molecule has 1 aliphatic heterocycles. The molecule has 126 valence electrons. The zero-order valence-electron chi connectivity index (χ0n) is 13.3. The van der Waals surface area contributed by atoms with Crippen LogP contribution in [0.1, 0.15) is 30.0 Å². The van der Waals surface area contributed by atoms with E-state index in [0.717, 1.165) is 5.56 Å². The average Bonchev–Trinajstić information content (AvgIpc) is 2.61. The van der Waals surface area contributed by atoms with Crippen molar-refractivity contribution in [3.63, 3.8) is 0 Å². The molecule has 0 unspecified atom stereocenters. The molecule has 2 aromatic rings. The second-order valence-corrected chi connectivity index (χ2v) is 5.94. The molecule has 2 aromatic carbocycles. The number of amides is 1. The highest BCUT2D eigenvalue weighted by molar-refractivity contribution is 5.68. The maximum absolute atomic E-state index is 13.1. The maximum Gasteiger partial charge on any atom is 0.410 e. The Bertz CT molecular complexity index is 675. The van der Waals surface area contributed by atoms with Crippen molar-refractivity contribution in [1.29, 1.82) is 0 Å². The van der Waals surface area contributed by atoms with Crippen molar-refractivity contribution in [1.82, 2.24) is 4.90 Å². The van der Waals surface area contributed by atoms with Gasteiger partial charge in [-0.15, -0.1) is 0 Å². The lowest BCUT2D eigenvalue weighted by Crippen LogP contribution is -2.45. The second kappa shape index (κ2) is 7.45. The number of ether oxygens (including phenoxy) is 1. The van der Waals surface area contributed by atoms with Crippen LogP contribution >= 0.6 is 0 Å². The number of halogens is 1. The Balaban J connectivity index is 1.73. The van der Waals surface area contributed by atoms with E-state index in [4.69, 9.17) is 4.74 Å². The summed E-state index contributed by atoms with van der Waals surface area (Å²) < 4.78 is 18.5. The van der Waals surface area contributed by atoms with Crippen LogP contribution < -0.4 is 0 Å². The van der Waals surface area contributed by atoms with Crippen molar-refractivity contribution < 1.29 is 19.0 Å². The molecule has 0 bridgehead atoms. The first kappa shape index (κ1) is 16.5. The molecule has 4 nitrogen and oxygen atoms in total. The predicted molar refractivity (Wildman–Crippen MR) is 87.7 cm³/mol. The van der Waals surface area contributed by atoms with Gasteiger partial charge in [-0.1, -0.05) is 42.5 Å². The van der Waals surface area contributed by atoms with Gasteiger partial charge in [0.2, 0.25) is 0 Å². The first-order valence-electron chi connectivity index (χ1n) is 8.06. The summed E-state index contributed by atoms with van der Waals surface area (Å²) in [5, 5.41) is 10.4. The summed E-state index contributed by atoms with van der Waals surface area (Å²) in [7, 11) is 0. The monoisotopic (exact) mass is 329 g/mol. The molecule has 1 heterocycles. The smallest absolute Gasteiger partial charge is 0.410 e. The van der Waals surface area contributed by atoms with Crippen LogP contribution in [0.3, 0.4) is 0 Å². The number of piperidine rings is 1. The predicted octanol–water partition coefficient (Wildman–Crippen LogP) is 3.66. The Kier molecular flexibility index (Phi) is 5.11. The Labute approximate surface area is 140 Å². The Morgan fingerprint density at radius 1 is 1.17 bits per heavy atom. The van der Waals surface area contributed by atoms with Gasteiger partial charge in [0.15, 0.2) is 0 Å². The van der Waals surface area contributed by atoms with Crippen molar-refractivity contribution in [3.8, 4) is 0 Å². The number of rotatable bonds is 3. The SMILES string of the molecule is O=C(OCc1ccccc1)N1CCC[C@@H](O)[C@H]1c1ccc(F)cc1. The molecule has 1 aliphatic rings. The molecule has 1 fully saturated rings. The standard InChI is InChI=1S/C19H20FNO3/c20-16-10-8-15(9-11-16)18-17(22)7-4-12-21(18)19(23)24-13-14-5-2-1-3-6-14/h1-3,5-6,8-11,17-18,22H,4,7,12-13H2/t17-,18-/m1/s1. The van der Waals surface area contributed by atoms with E-state index in [1.807, 2.05) is 30.3 Å². The molecule has 0 aliphatic carbocycles. The van der Waals surface area contributed by atoms with E-state index in [1.54, 1.807) is 12.1 Å².